The maximum absolute atomic E-state index is 13.7. The first-order valence-electron chi connectivity index (χ1n) is 16.6. The van der Waals surface area contributed by atoms with Gasteiger partial charge >= 0.3 is 0 Å². The zero-order chi connectivity index (χ0) is 35.7. The van der Waals surface area contributed by atoms with Crippen molar-refractivity contribution < 1.29 is 14.3 Å². The number of ketones is 2. The Balaban J connectivity index is 1.18. The largest absolute Gasteiger partial charge is 0.479 e. The lowest BCUT2D eigenvalue weighted by Gasteiger charge is -2.40. The van der Waals surface area contributed by atoms with Crippen molar-refractivity contribution >= 4 is 78.3 Å². The molecule has 0 saturated heterocycles. The molecule has 5 aromatic rings. The molecule has 3 aromatic heterocycles. The molecule has 4 heterocycles. The second-order valence-corrected chi connectivity index (χ2v) is 16.1. The number of hydrogen-bond acceptors (Lipinski definition) is 8. The second kappa shape index (κ2) is 12.0. The van der Waals surface area contributed by atoms with E-state index in [1.165, 1.54) is 11.3 Å². The number of carbonyl (C=O) groups excluding carboxylic acids is 2. The number of hydrogen-bond donors (Lipinski definition) is 0. The fraction of sp³-hybridized carbons (Fsp3) is 0.143. The number of rotatable bonds is 2. The molecule has 0 radical (unpaired) electrons. The highest BCUT2D eigenvalue weighted by atomic mass is 32.1. The third kappa shape index (κ3) is 4.56. The lowest BCUT2D eigenvalue weighted by Crippen LogP contribution is -2.37. The predicted molar refractivity (Wildman–Crippen MR) is 204 cm³/mol. The maximum Gasteiger partial charge on any atom is 0.270 e. The van der Waals surface area contributed by atoms with Gasteiger partial charge in [0, 0.05) is 48.7 Å². The van der Waals surface area contributed by atoms with E-state index in [9.17, 15) is 20.1 Å². The molecule has 0 N–H and O–H groups in total. The van der Waals surface area contributed by atoms with Crippen LogP contribution in [0.1, 0.15) is 79.3 Å². The van der Waals surface area contributed by atoms with Crippen LogP contribution in [0.25, 0.3) is 52.1 Å². The number of nitrogens with zero attached hydrogens (tertiary/aromatic N) is 4. The van der Waals surface area contributed by atoms with E-state index in [4.69, 9.17) is 17.9 Å². The van der Waals surface area contributed by atoms with E-state index >= 15 is 0 Å². The summed E-state index contributed by atoms with van der Waals surface area (Å²) in [5, 5.41) is 19.6. The minimum Gasteiger partial charge on any atom is -0.479 e. The smallest absolute Gasteiger partial charge is 0.270 e. The molecule has 0 atom stereocenters. The average molecular weight is 727 g/mol. The predicted octanol–water partition coefficient (Wildman–Crippen LogP) is 11.1. The molecule has 52 heavy (non-hydrogen) atoms. The van der Waals surface area contributed by atoms with Crippen LogP contribution in [0, 0.1) is 35.8 Å². The molecule has 0 unspecified atom stereocenters. The molecule has 7 nitrogen and oxygen atoms in total. The van der Waals surface area contributed by atoms with E-state index in [1.807, 2.05) is 30.3 Å². The zero-order valence-corrected chi connectivity index (χ0v) is 29.7. The van der Waals surface area contributed by atoms with Gasteiger partial charge in [0.1, 0.15) is 5.60 Å². The molecule has 10 heteroatoms. The Morgan fingerprint density at radius 2 is 1.27 bits per heavy atom. The van der Waals surface area contributed by atoms with Crippen molar-refractivity contribution in [1.29, 1.82) is 10.5 Å². The Hall–Kier alpha value is -6.14. The minimum atomic E-state index is -0.531. The fourth-order valence-electron chi connectivity index (χ4n) is 7.88. The van der Waals surface area contributed by atoms with Gasteiger partial charge in [-0.25, -0.2) is 20.2 Å². The third-order valence-corrected chi connectivity index (χ3v) is 13.7. The first-order valence-corrected chi connectivity index (χ1v) is 19.0. The van der Waals surface area contributed by atoms with Crippen LogP contribution in [0.2, 0.25) is 0 Å². The fourth-order valence-corrected chi connectivity index (χ4v) is 11.7. The molecule has 1 fully saturated rings. The molecular weight excluding hydrogens is 705 g/mol. The normalized spacial score (nSPS) is 20.0. The van der Waals surface area contributed by atoms with Crippen molar-refractivity contribution in [2.75, 3.05) is 0 Å². The molecule has 3 aliphatic carbocycles. The summed E-state index contributed by atoms with van der Waals surface area (Å²) in [6, 6.07) is 22.4. The van der Waals surface area contributed by atoms with Gasteiger partial charge in [-0.3, -0.25) is 9.59 Å². The van der Waals surface area contributed by atoms with E-state index in [2.05, 4.69) is 15.8 Å². The Labute approximate surface area is 310 Å². The summed E-state index contributed by atoms with van der Waals surface area (Å²) in [5.74, 6) is 0.421. The monoisotopic (exact) mass is 726 g/mol. The number of ether oxygens (including phenoxy) is 1. The van der Waals surface area contributed by atoms with Gasteiger partial charge in [-0.2, -0.15) is 0 Å². The van der Waals surface area contributed by atoms with Crippen molar-refractivity contribution in [2.24, 2.45) is 0 Å². The molecule has 1 aliphatic heterocycles. The van der Waals surface area contributed by atoms with Crippen molar-refractivity contribution in [3.05, 3.63) is 144 Å². The number of allylic oxidation sites excluding steroid dienone is 6. The van der Waals surface area contributed by atoms with E-state index in [0.29, 0.717) is 44.5 Å². The summed E-state index contributed by atoms with van der Waals surface area (Å²) in [7, 11) is 0. The van der Waals surface area contributed by atoms with Crippen LogP contribution in [0.5, 0.6) is 5.75 Å². The Bertz CT molecular complexity index is 2750. The van der Waals surface area contributed by atoms with Gasteiger partial charge in [-0.15, -0.1) is 34.0 Å². The van der Waals surface area contributed by atoms with Crippen LogP contribution >= 0.6 is 34.0 Å². The molecule has 4 aliphatic rings. The van der Waals surface area contributed by atoms with Gasteiger partial charge in [0.15, 0.2) is 17.3 Å². The van der Waals surface area contributed by atoms with Gasteiger partial charge < -0.3 is 4.74 Å². The van der Waals surface area contributed by atoms with E-state index in [-0.39, 0.29) is 23.0 Å². The van der Waals surface area contributed by atoms with Crippen molar-refractivity contribution in [3.8, 4) is 27.6 Å². The van der Waals surface area contributed by atoms with Crippen LogP contribution in [0.4, 0.5) is 0 Å². The summed E-state index contributed by atoms with van der Waals surface area (Å²) in [6.07, 6.45) is 8.50. The first-order chi connectivity index (χ1) is 25.4. The van der Waals surface area contributed by atoms with Crippen molar-refractivity contribution in [3.63, 3.8) is 0 Å². The van der Waals surface area contributed by atoms with Crippen LogP contribution in [-0.2, 0) is 5.60 Å². The highest BCUT2D eigenvalue weighted by molar-refractivity contribution is 7.32. The zero-order valence-electron chi connectivity index (χ0n) is 27.2. The standard InChI is InChI=1S/C42H22N4O3S3/c1-45-31(20-43)34-24-10-4-6-12-26(24)36(47)28(34)16-22-18-30-39(50-22)41-38(49-42(30)14-8-3-9-15-42)40-33(52-41)19-23(51-40)17-29-35(32(21-44)46-2)25-11-5-7-13-27(25)37(29)48/h4-7,10-13,16-19H,3,8-9,14-15H2/b28-16-,29-17-,34-31-,35-32+. The Morgan fingerprint density at radius 1 is 0.731 bits per heavy atom. The summed E-state index contributed by atoms with van der Waals surface area (Å²) >= 11 is 4.74. The maximum atomic E-state index is 13.7. The molecule has 2 aromatic carbocycles. The van der Waals surface area contributed by atoms with Crippen LogP contribution < -0.4 is 4.74 Å². The summed E-state index contributed by atoms with van der Waals surface area (Å²) in [6.45, 7) is 15.3. The van der Waals surface area contributed by atoms with Crippen LogP contribution in [0.15, 0.2) is 83.2 Å². The summed E-state index contributed by atoms with van der Waals surface area (Å²) in [5.41, 5.74) is 4.00. The van der Waals surface area contributed by atoms with Crippen molar-refractivity contribution in [2.45, 2.75) is 37.7 Å². The number of benzene rings is 2. The second-order valence-electron chi connectivity index (χ2n) is 12.9. The van der Waals surface area contributed by atoms with Crippen LogP contribution in [-0.4, -0.2) is 11.6 Å². The highest BCUT2D eigenvalue weighted by Crippen LogP contribution is 2.60. The molecule has 246 valence electrons. The van der Waals surface area contributed by atoms with Gasteiger partial charge in [0.05, 0.1) is 44.4 Å². The number of Topliss-reactive ketones (excluding diaryl/α,β-unsaturated/α-hetero) is 2. The van der Waals surface area contributed by atoms with Crippen LogP contribution in [0.3, 0.4) is 0 Å². The quantitative estimate of drug-likeness (QED) is 0.102. The number of carbonyl (C=O) groups is 2. The molecule has 9 rings (SSSR count). The van der Waals surface area contributed by atoms with E-state index in [1.54, 1.807) is 71.2 Å². The van der Waals surface area contributed by atoms with E-state index in [0.717, 1.165) is 72.3 Å². The molecular formula is C42H22N4O3S3. The van der Waals surface area contributed by atoms with Gasteiger partial charge in [0.25, 0.3) is 11.4 Å². The van der Waals surface area contributed by atoms with Gasteiger partial charge in [0.2, 0.25) is 0 Å². The number of nitriles is 2. The first kappa shape index (κ1) is 31.8. The highest BCUT2D eigenvalue weighted by Gasteiger charge is 2.45. The summed E-state index contributed by atoms with van der Waals surface area (Å²) < 4.78 is 9.10. The lowest BCUT2D eigenvalue weighted by atomic mass is 9.78. The molecule has 0 amide bonds. The number of fused-ring (bicyclic) bond motifs is 8. The Morgan fingerprint density at radius 3 is 1.81 bits per heavy atom. The minimum absolute atomic E-state index is 0.103. The number of thiophene rings is 3. The molecule has 0 bridgehead atoms. The topological polar surface area (TPSA) is 99.7 Å². The van der Waals surface area contributed by atoms with Gasteiger partial charge in [-0.1, -0.05) is 55.0 Å². The lowest BCUT2D eigenvalue weighted by molar-refractivity contribution is 0.0267. The molecule has 1 saturated carbocycles. The SMILES string of the molecule is [C-]#[N+]/C(C#N)=C1\C(=C\c2cc3c(s2)-c2sc4cc(/C=C5\C(=O)c6ccccc6\C5=C(\C#N)[N+]#[C-])sc4c2OC32CCCCC2)C(=O)c2ccccc21. The average Bonchev–Trinajstić information content (AvgIpc) is 3.97. The van der Waals surface area contributed by atoms with E-state index < -0.39 is 5.60 Å². The molecule has 1 spiro atoms. The third-order valence-electron chi connectivity index (χ3n) is 10.1. The summed E-state index contributed by atoms with van der Waals surface area (Å²) in [4.78, 5) is 38.0. The Kier molecular flexibility index (Phi) is 7.33. The van der Waals surface area contributed by atoms with Gasteiger partial charge in [-0.05, 0) is 61.1 Å². The van der Waals surface area contributed by atoms with Crippen molar-refractivity contribution in [1.82, 2.24) is 0 Å².